The number of hydrogen-bond donors (Lipinski definition) is 2. The molecule has 0 spiro atoms. The molecule has 0 saturated heterocycles. The fraction of sp³-hybridized carbons (Fsp3) is 0.409. The van der Waals surface area contributed by atoms with Gasteiger partial charge < -0.3 is 20.3 Å². The Morgan fingerprint density at radius 3 is 2.66 bits per heavy atom. The lowest BCUT2D eigenvalue weighted by Crippen LogP contribution is -2.47. The summed E-state index contributed by atoms with van der Waals surface area (Å²) in [4.78, 5) is 31.7. The highest BCUT2D eigenvalue weighted by Crippen LogP contribution is 2.34. The first-order chi connectivity index (χ1) is 13.9. The third kappa shape index (κ3) is 4.56. The summed E-state index contributed by atoms with van der Waals surface area (Å²) in [7, 11) is 1.87. The second-order valence-corrected chi connectivity index (χ2v) is 7.61. The van der Waals surface area contributed by atoms with Crippen LogP contribution in [0.1, 0.15) is 41.5 Å². The maximum Gasteiger partial charge on any atom is 0.257 e. The van der Waals surface area contributed by atoms with E-state index in [4.69, 9.17) is 4.74 Å². The molecule has 3 rings (SSSR count). The molecule has 0 unspecified atom stereocenters. The Balaban J connectivity index is 2.02. The van der Waals surface area contributed by atoms with Crippen LogP contribution in [-0.2, 0) is 0 Å². The van der Waals surface area contributed by atoms with Crippen LogP contribution in [0.15, 0.2) is 42.7 Å². The zero-order chi connectivity index (χ0) is 21.0. The summed E-state index contributed by atoms with van der Waals surface area (Å²) in [6.07, 6.45) is 2.98. The van der Waals surface area contributed by atoms with Crippen LogP contribution in [-0.4, -0.2) is 54.0 Å². The molecule has 7 nitrogen and oxygen atoms in total. The molecule has 1 aliphatic heterocycles. The predicted molar refractivity (Wildman–Crippen MR) is 112 cm³/mol. The molecule has 29 heavy (non-hydrogen) atoms. The number of hydrogen-bond acceptors (Lipinski definition) is 5. The van der Waals surface area contributed by atoms with Gasteiger partial charge in [-0.25, -0.2) is 0 Å². The van der Waals surface area contributed by atoms with Gasteiger partial charge >= 0.3 is 0 Å². The Kier molecular flexibility index (Phi) is 6.49. The van der Waals surface area contributed by atoms with E-state index in [2.05, 4.69) is 22.5 Å². The predicted octanol–water partition coefficient (Wildman–Crippen LogP) is 2.80. The third-order valence-electron chi connectivity index (χ3n) is 5.11. The van der Waals surface area contributed by atoms with Crippen LogP contribution in [0.2, 0.25) is 0 Å². The number of aromatic nitrogens is 1. The van der Waals surface area contributed by atoms with Gasteiger partial charge in [-0.3, -0.25) is 14.6 Å². The van der Waals surface area contributed by atoms with Gasteiger partial charge in [-0.15, -0.1) is 0 Å². The number of ether oxygens (including phenoxy) is 1. The molecule has 154 valence electrons. The van der Waals surface area contributed by atoms with Crippen molar-refractivity contribution in [3.63, 3.8) is 0 Å². The van der Waals surface area contributed by atoms with E-state index in [0.717, 1.165) is 0 Å². The van der Waals surface area contributed by atoms with E-state index in [1.54, 1.807) is 42.7 Å². The average Bonchev–Trinajstić information content (AvgIpc) is 2.71. The maximum absolute atomic E-state index is 13.3. The molecule has 2 heterocycles. The van der Waals surface area contributed by atoms with Crippen molar-refractivity contribution in [2.45, 2.75) is 32.9 Å². The molecule has 2 aromatic rings. The van der Waals surface area contributed by atoms with Crippen LogP contribution < -0.4 is 15.4 Å². The quantitative estimate of drug-likeness (QED) is 0.812. The van der Waals surface area contributed by atoms with E-state index < -0.39 is 0 Å². The van der Waals surface area contributed by atoms with E-state index >= 15 is 0 Å². The smallest absolute Gasteiger partial charge is 0.257 e. The first-order valence-electron chi connectivity index (χ1n) is 9.89. The van der Waals surface area contributed by atoms with Crippen LogP contribution in [0.3, 0.4) is 0 Å². The Morgan fingerprint density at radius 2 is 2.00 bits per heavy atom. The van der Waals surface area contributed by atoms with E-state index in [1.165, 1.54) is 0 Å². The Labute approximate surface area is 171 Å². The number of anilines is 1. The van der Waals surface area contributed by atoms with Crippen molar-refractivity contribution in [2.24, 2.45) is 5.92 Å². The Hall–Kier alpha value is -2.93. The summed E-state index contributed by atoms with van der Waals surface area (Å²) >= 11 is 0. The zero-order valence-electron chi connectivity index (χ0n) is 17.3. The molecule has 2 amide bonds. The van der Waals surface area contributed by atoms with Gasteiger partial charge in [-0.1, -0.05) is 13.0 Å². The molecule has 0 aliphatic carbocycles. The van der Waals surface area contributed by atoms with Crippen molar-refractivity contribution in [3.05, 3.63) is 53.9 Å². The minimum Gasteiger partial charge on any atom is -0.486 e. The van der Waals surface area contributed by atoms with Gasteiger partial charge in [0.25, 0.3) is 11.8 Å². The summed E-state index contributed by atoms with van der Waals surface area (Å²) in [5, 5.41) is 6.06. The number of pyridine rings is 1. The van der Waals surface area contributed by atoms with E-state index in [1.807, 2.05) is 25.8 Å². The standard InChI is InChI=1S/C22H28N4O3/c1-14(2)26-13-15(3)19(12-23-4)29-20-17(22(26)28)6-5-7-18(20)25-21(27)16-8-10-24-11-9-16/h5-11,14-15,19,23H,12-13H2,1-4H3,(H,25,27)/t15-,19+/m1/s1. The molecule has 2 N–H and O–H groups in total. The largest absolute Gasteiger partial charge is 0.486 e. The molecule has 0 fully saturated rings. The number of benzene rings is 1. The topological polar surface area (TPSA) is 83.6 Å². The Bertz CT molecular complexity index is 870. The highest BCUT2D eigenvalue weighted by atomic mass is 16.5. The summed E-state index contributed by atoms with van der Waals surface area (Å²) in [5.41, 5.74) is 1.43. The minimum absolute atomic E-state index is 0.0567. The highest BCUT2D eigenvalue weighted by Gasteiger charge is 2.33. The number of rotatable bonds is 5. The van der Waals surface area contributed by atoms with Crippen molar-refractivity contribution in [3.8, 4) is 5.75 Å². The van der Waals surface area contributed by atoms with Gasteiger partial charge in [0.05, 0.1) is 11.3 Å². The van der Waals surface area contributed by atoms with Gasteiger partial charge in [0.2, 0.25) is 0 Å². The molecule has 0 bridgehead atoms. The number of nitrogens with one attached hydrogen (secondary N) is 2. The SMILES string of the molecule is CNC[C@@H]1Oc2c(NC(=O)c3ccncc3)cccc2C(=O)N(C(C)C)C[C@H]1C. The number of nitrogens with zero attached hydrogens (tertiary/aromatic N) is 2. The van der Waals surface area contributed by atoms with Crippen molar-refractivity contribution in [1.29, 1.82) is 0 Å². The van der Waals surface area contributed by atoms with Gasteiger partial charge in [0.15, 0.2) is 5.75 Å². The Morgan fingerprint density at radius 1 is 1.28 bits per heavy atom. The van der Waals surface area contributed by atoms with Crippen molar-refractivity contribution in [2.75, 3.05) is 25.5 Å². The normalized spacial score (nSPS) is 19.2. The lowest BCUT2D eigenvalue weighted by atomic mass is 9.99. The van der Waals surface area contributed by atoms with Gasteiger partial charge in [0.1, 0.15) is 6.10 Å². The molecular formula is C22H28N4O3. The van der Waals surface area contributed by atoms with Crippen molar-refractivity contribution < 1.29 is 14.3 Å². The highest BCUT2D eigenvalue weighted by molar-refractivity contribution is 6.07. The minimum atomic E-state index is -0.280. The number of amides is 2. The van der Waals surface area contributed by atoms with Crippen LogP contribution in [0.5, 0.6) is 5.75 Å². The lowest BCUT2D eigenvalue weighted by molar-refractivity contribution is 0.0516. The summed E-state index contributed by atoms with van der Waals surface area (Å²) in [5.74, 6) is 0.158. The molecule has 1 aromatic heterocycles. The fourth-order valence-electron chi connectivity index (χ4n) is 3.45. The van der Waals surface area contributed by atoms with Crippen LogP contribution in [0.4, 0.5) is 5.69 Å². The van der Waals surface area contributed by atoms with E-state index in [0.29, 0.717) is 35.7 Å². The zero-order valence-corrected chi connectivity index (χ0v) is 17.3. The number of carbonyl (C=O) groups excluding carboxylic acids is 2. The van der Waals surface area contributed by atoms with Crippen LogP contribution in [0, 0.1) is 5.92 Å². The molecule has 0 radical (unpaired) electrons. The second-order valence-electron chi connectivity index (χ2n) is 7.61. The first kappa shape index (κ1) is 20.8. The van der Waals surface area contributed by atoms with Crippen molar-refractivity contribution >= 4 is 17.5 Å². The maximum atomic E-state index is 13.3. The average molecular weight is 396 g/mol. The molecule has 1 aromatic carbocycles. The third-order valence-corrected chi connectivity index (χ3v) is 5.11. The van der Waals surface area contributed by atoms with Crippen LogP contribution >= 0.6 is 0 Å². The van der Waals surface area contributed by atoms with Crippen molar-refractivity contribution in [1.82, 2.24) is 15.2 Å². The molecule has 2 atom stereocenters. The molecule has 7 heteroatoms. The number of likely N-dealkylation sites (N-methyl/N-ethyl adjacent to an activating group) is 1. The number of para-hydroxylation sites is 1. The lowest BCUT2D eigenvalue weighted by Gasteiger charge is -2.37. The first-order valence-corrected chi connectivity index (χ1v) is 9.89. The monoisotopic (exact) mass is 396 g/mol. The van der Waals surface area contributed by atoms with E-state index in [9.17, 15) is 9.59 Å². The van der Waals surface area contributed by atoms with Gasteiger partial charge in [-0.2, -0.15) is 0 Å². The van der Waals surface area contributed by atoms with Gasteiger partial charge in [0, 0.05) is 43.0 Å². The summed E-state index contributed by atoms with van der Waals surface area (Å²) < 4.78 is 6.32. The summed E-state index contributed by atoms with van der Waals surface area (Å²) in [6.45, 7) is 7.33. The second kappa shape index (κ2) is 9.05. The fourth-order valence-corrected chi connectivity index (χ4v) is 3.45. The molecule has 1 aliphatic rings. The summed E-state index contributed by atoms with van der Waals surface area (Å²) in [6, 6.07) is 8.61. The number of fused-ring (bicyclic) bond motifs is 1. The van der Waals surface area contributed by atoms with Gasteiger partial charge in [-0.05, 0) is 45.2 Å². The van der Waals surface area contributed by atoms with Crippen LogP contribution in [0.25, 0.3) is 0 Å². The van der Waals surface area contributed by atoms with E-state index in [-0.39, 0.29) is 29.9 Å². The molecule has 0 saturated carbocycles. The molecular weight excluding hydrogens is 368 g/mol. The number of carbonyl (C=O) groups is 2.